The van der Waals surface area contributed by atoms with Crippen LogP contribution in [-0.4, -0.2) is 29.7 Å². The summed E-state index contributed by atoms with van der Waals surface area (Å²) >= 11 is 0. The van der Waals surface area contributed by atoms with Crippen molar-refractivity contribution in [1.82, 2.24) is 15.4 Å². The molecule has 0 atom stereocenters. The van der Waals surface area contributed by atoms with Gasteiger partial charge in [0.25, 0.3) is 11.5 Å². The Hall–Kier alpha value is -1.90. The molecule has 0 aromatic carbocycles. The van der Waals surface area contributed by atoms with E-state index in [0.717, 1.165) is 6.20 Å². The van der Waals surface area contributed by atoms with Crippen LogP contribution in [0.4, 0.5) is 0 Å². The molecule has 1 aromatic heterocycles. The van der Waals surface area contributed by atoms with E-state index in [-0.39, 0.29) is 0 Å². The summed E-state index contributed by atoms with van der Waals surface area (Å²) in [6, 6.07) is 0. The highest BCUT2D eigenvalue weighted by molar-refractivity contribution is 7.62. The fraction of sp³-hybridized carbons (Fsp3) is 0. The molecule has 0 spiro atoms. The van der Waals surface area contributed by atoms with E-state index in [1.165, 1.54) is 0 Å². The molecule has 0 aliphatic carbocycles. The van der Waals surface area contributed by atoms with E-state index in [2.05, 4.69) is 14.7 Å². The second kappa shape index (κ2) is 3.67. The minimum Gasteiger partial charge on any atom is -0.267 e. The van der Waals surface area contributed by atoms with Crippen molar-refractivity contribution in [3.63, 3.8) is 0 Å². The lowest BCUT2D eigenvalue weighted by atomic mass is 10.3. The Labute approximate surface area is 72.3 Å². The molecule has 9 heteroatoms. The maximum atomic E-state index is 10.8. The molecule has 0 radical (unpaired) electrons. The van der Waals surface area contributed by atoms with E-state index in [1.807, 2.05) is 5.10 Å². The highest BCUT2D eigenvalue weighted by atomic mass is 32.2. The lowest BCUT2D eigenvalue weighted by Crippen LogP contribution is -2.18. The number of aromatic amines is 1. The van der Waals surface area contributed by atoms with Crippen molar-refractivity contribution in [1.29, 1.82) is 0 Å². The zero-order chi connectivity index (χ0) is 9.84. The normalized spacial score (nSPS) is 9.23. The van der Waals surface area contributed by atoms with Gasteiger partial charge in [-0.2, -0.15) is 8.42 Å². The summed E-state index contributed by atoms with van der Waals surface area (Å²) in [4.78, 5) is 21.6. The zero-order valence-electron chi connectivity index (χ0n) is 5.96. The minimum absolute atomic E-state index is 0.473. The Morgan fingerprint density at radius 3 is 2.77 bits per heavy atom. The molecule has 0 fully saturated rings. The first-order valence-corrected chi connectivity index (χ1v) is 3.90. The first-order chi connectivity index (χ1) is 6.11. The van der Waals surface area contributed by atoms with Crippen LogP contribution in [0.2, 0.25) is 0 Å². The molecule has 8 nitrogen and oxygen atoms in total. The van der Waals surface area contributed by atoms with Gasteiger partial charge in [-0.15, -0.1) is 5.10 Å². The van der Waals surface area contributed by atoms with E-state index in [1.54, 1.807) is 0 Å². The van der Waals surface area contributed by atoms with Gasteiger partial charge in [0.15, 0.2) is 0 Å². The quantitative estimate of drug-likeness (QED) is 0.583. The molecule has 1 heterocycles. The van der Waals surface area contributed by atoms with Gasteiger partial charge in [-0.25, -0.2) is 5.10 Å². The summed E-state index contributed by atoms with van der Waals surface area (Å²) in [7, 11) is -2.88. The van der Waals surface area contributed by atoms with Crippen LogP contribution >= 0.6 is 0 Å². The van der Waals surface area contributed by atoms with Gasteiger partial charge in [-0.3, -0.25) is 9.59 Å². The van der Waals surface area contributed by atoms with E-state index in [9.17, 15) is 18.0 Å². The van der Waals surface area contributed by atoms with Gasteiger partial charge in [0.1, 0.15) is 5.56 Å². The molecule has 0 saturated heterocycles. The van der Waals surface area contributed by atoms with Gasteiger partial charge in [-0.1, -0.05) is 9.58 Å². The van der Waals surface area contributed by atoms with Crippen LogP contribution < -0.4 is 5.56 Å². The predicted octanol–water partition coefficient (Wildman–Crippen LogP) is -1.63. The average molecular weight is 202 g/mol. The maximum absolute atomic E-state index is 10.8. The SMILES string of the molecule is O=C(N=S(=O)=O)c1cnn[nH]c1=O. The van der Waals surface area contributed by atoms with Gasteiger partial charge in [0, 0.05) is 0 Å². The number of hydrogen-bond acceptors (Lipinski definition) is 6. The molecule has 1 N–H and O–H groups in total. The van der Waals surface area contributed by atoms with Crippen LogP contribution in [-0.2, 0) is 10.5 Å². The van der Waals surface area contributed by atoms with E-state index >= 15 is 0 Å². The van der Waals surface area contributed by atoms with Gasteiger partial charge in [-0.05, 0) is 0 Å². The molecule has 1 aromatic rings. The standard InChI is InChI=1S/C4H2N4O4S/c9-3-2(1-5-8-6-3)4(10)7-13(11)12/h1H,(H,5,6,9). The van der Waals surface area contributed by atoms with E-state index < -0.39 is 27.5 Å². The number of carbonyl (C=O) groups is 1. The Morgan fingerprint density at radius 2 is 2.23 bits per heavy atom. The average Bonchev–Trinajstić information content (AvgIpc) is 2.03. The summed E-state index contributed by atoms with van der Waals surface area (Å²) in [6.07, 6.45) is 0.831. The molecule has 0 saturated carbocycles. The summed E-state index contributed by atoms with van der Waals surface area (Å²) < 4.78 is 22.5. The van der Waals surface area contributed by atoms with Crippen molar-refractivity contribution in [2.24, 2.45) is 4.36 Å². The van der Waals surface area contributed by atoms with Gasteiger partial charge < -0.3 is 0 Å². The molecular weight excluding hydrogens is 200 g/mol. The Bertz CT molecular complexity index is 507. The molecule has 1 rings (SSSR count). The second-order valence-electron chi connectivity index (χ2n) is 1.81. The predicted molar refractivity (Wildman–Crippen MR) is 38.3 cm³/mol. The number of hydrogen-bond donors (Lipinski definition) is 1. The largest absolute Gasteiger partial charge is 0.319 e. The Kier molecular flexibility index (Phi) is 2.59. The lowest BCUT2D eigenvalue weighted by molar-refractivity contribution is 0.100. The molecule has 0 bridgehead atoms. The summed E-state index contributed by atoms with van der Waals surface area (Å²) in [6.45, 7) is 0. The minimum atomic E-state index is -2.88. The zero-order valence-corrected chi connectivity index (χ0v) is 6.78. The second-order valence-corrected chi connectivity index (χ2v) is 2.43. The number of rotatable bonds is 1. The number of amides is 1. The van der Waals surface area contributed by atoms with Crippen molar-refractivity contribution in [3.8, 4) is 0 Å². The van der Waals surface area contributed by atoms with Crippen molar-refractivity contribution in [2.75, 3.05) is 0 Å². The van der Waals surface area contributed by atoms with E-state index in [4.69, 9.17) is 0 Å². The molecule has 0 unspecified atom stereocenters. The fourth-order valence-electron chi connectivity index (χ4n) is 0.549. The third-order valence-electron chi connectivity index (χ3n) is 1.03. The fourth-order valence-corrected chi connectivity index (χ4v) is 0.783. The van der Waals surface area contributed by atoms with Crippen LogP contribution in [0.1, 0.15) is 10.4 Å². The molecule has 68 valence electrons. The molecule has 0 aliphatic rings. The highest BCUT2D eigenvalue weighted by Gasteiger charge is 2.09. The number of nitrogens with one attached hydrogen (secondary N) is 1. The Balaban J connectivity index is 3.25. The van der Waals surface area contributed by atoms with Crippen LogP contribution in [0.3, 0.4) is 0 Å². The smallest absolute Gasteiger partial charge is 0.267 e. The van der Waals surface area contributed by atoms with Crippen LogP contribution in [0.5, 0.6) is 0 Å². The monoisotopic (exact) mass is 202 g/mol. The van der Waals surface area contributed by atoms with Gasteiger partial charge in [0.05, 0.1) is 6.20 Å². The van der Waals surface area contributed by atoms with Gasteiger partial charge in [0.2, 0.25) is 0 Å². The summed E-state index contributed by atoms with van der Waals surface area (Å²) in [5.74, 6) is -1.18. The van der Waals surface area contributed by atoms with Crippen molar-refractivity contribution in [3.05, 3.63) is 22.1 Å². The van der Waals surface area contributed by atoms with Gasteiger partial charge >= 0.3 is 10.5 Å². The van der Waals surface area contributed by atoms with Crippen LogP contribution in [0.15, 0.2) is 15.4 Å². The lowest BCUT2D eigenvalue weighted by Gasteiger charge is -1.86. The molecular formula is C4H2N4O4S. The third kappa shape index (κ3) is 2.27. The van der Waals surface area contributed by atoms with Crippen LogP contribution in [0, 0.1) is 0 Å². The molecule has 1 amide bonds. The number of nitrogens with zero attached hydrogens (tertiary/aromatic N) is 3. The third-order valence-corrected chi connectivity index (χ3v) is 1.34. The maximum Gasteiger partial charge on any atom is 0.319 e. The topological polar surface area (TPSA) is 122 Å². The van der Waals surface area contributed by atoms with Crippen molar-refractivity contribution < 1.29 is 13.2 Å². The molecule has 0 aliphatic heterocycles. The highest BCUT2D eigenvalue weighted by Crippen LogP contribution is 1.88. The van der Waals surface area contributed by atoms with E-state index in [0.29, 0.717) is 0 Å². The van der Waals surface area contributed by atoms with Crippen molar-refractivity contribution >= 4 is 16.4 Å². The number of carbonyl (C=O) groups excluding carboxylic acids is 1. The number of aromatic nitrogens is 3. The Morgan fingerprint density at radius 1 is 1.54 bits per heavy atom. The van der Waals surface area contributed by atoms with Crippen molar-refractivity contribution in [2.45, 2.75) is 0 Å². The first-order valence-electron chi connectivity index (χ1n) is 2.87. The first kappa shape index (κ1) is 9.19. The molecule has 13 heavy (non-hydrogen) atoms. The summed E-state index contributed by atoms with van der Waals surface area (Å²) in [5.41, 5.74) is -1.31. The summed E-state index contributed by atoms with van der Waals surface area (Å²) in [5, 5.41) is 8.11. The number of H-pyrrole nitrogens is 1. The van der Waals surface area contributed by atoms with Crippen LogP contribution in [0.25, 0.3) is 0 Å².